The Balaban J connectivity index is 2.22. The van der Waals surface area contributed by atoms with Gasteiger partial charge in [0.25, 0.3) is 0 Å². The van der Waals surface area contributed by atoms with Crippen LogP contribution in [0.1, 0.15) is 11.1 Å². The third kappa shape index (κ3) is 2.81. The Kier molecular flexibility index (Phi) is 3.72. The van der Waals surface area contributed by atoms with E-state index >= 15 is 0 Å². The van der Waals surface area contributed by atoms with Gasteiger partial charge in [-0.25, -0.2) is 0 Å². The van der Waals surface area contributed by atoms with Crippen molar-refractivity contribution >= 4 is 11.3 Å². The molecule has 0 radical (unpaired) electrons. The van der Waals surface area contributed by atoms with Gasteiger partial charge in [-0.3, -0.25) is 4.79 Å². The SMILES string of the molecule is Cc1cccc(C)c1-c1cc(=O)cc(-c2ccccc2)s1. The lowest BCUT2D eigenvalue weighted by Crippen LogP contribution is -1.98. The highest BCUT2D eigenvalue weighted by atomic mass is 32.1. The predicted molar refractivity (Wildman–Crippen MR) is 90.9 cm³/mol. The molecule has 3 rings (SSSR count). The van der Waals surface area contributed by atoms with Crippen molar-refractivity contribution in [2.24, 2.45) is 0 Å². The molecule has 0 saturated carbocycles. The summed E-state index contributed by atoms with van der Waals surface area (Å²) in [6, 6.07) is 19.8. The molecule has 1 nitrogen and oxygen atoms in total. The van der Waals surface area contributed by atoms with E-state index in [9.17, 15) is 4.79 Å². The molecule has 0 aliphatic heterocycles. The van der Waals surface area contributed by atoms with Gasteiger partial charge in [0.2, 0.25) is 0 Å². The first-order valence-corrected chi connectivity index (χ1v) is 7.74. The molecule has 0 fully saturated rings. The number of hydrogen-bond acceptors (Lipinski definition) is 2. The van der Waals surface area contributed by atoms with Crippen molar-refractivity contribution in [2.45, 2.75) is 13.8 Å². The fourth-order valence-corrected chi connectivity index (χ4v) is 3.81. The summed E-state index contributed by atoms with van der Waals surface area (Å²) in [4.78, 5) is 14.1. The lowest BCUT2D eigenvalue weighted by Gasteiger charge is -2.10. The van der Waals surface area contributed by atoms with Crippen LogP contribution in [0.3, 0.4) is 0 Å². The first-order chi connectivity index (χ1) is 10.1. The lowest BCUT2D eigenvalue weighted by atomic mass is 10.0. The molecule has 0 aliphatic rings. The summed E-state index contributed by atoms with van der Waals surface area (Å²) in [5, 5.41) is 0. The molecule has 3 aromatic rings. The van der Waals surface area contributed by atoms with Gasteiger partial charge in [0.05, 0.1) is 0 Å². The van der Waals surface area contributed by atoms with Gasteiger partial charge in [0.15, 0.2) is 5.43 Å². The summed E-state index contributed by atoms with van der Waals surface area (Å²) >= 11 is 1.67. The van der Waals surface area contributed by atoms with E-state index in [1.165, 1.54) is 16.7 Å². The van der Waals surface area contributed by atoms with Gasteiger partial charge in [-0.2, -0.15) is 0 Å². The van der Waals surface area contributed by atoms with Gasteiger partial charge in [-0.1, -0.05) is 48.5 Å². The Morgan fingerprint density at radius 1 is 0.762 bits per heavy atom. The molecule has 1 heterocycles. The molecule has 0 aliphatic carbocycles. The van der Waals surface area contributed by atoms with Crippen LogP contribution in [0, 0.1) is 13.8 Å². The zero-order chi connectivity index (χ0) is 14.8. The van der Waals surface area contributed by atoms with Crippen molar-refractivity contribution in [3.05, 3.63) is 82.0 Å². The maximum absolute atomic E-state index is 12.1. The van der Waals surface area contributed by atoms with Crippen LogP contribution in [0.4, 0.5) is 0 Å². The van der Waals surface area contributed by atoms with Crippen LogP contribution in [-0.4, -0.2) is 0 Å². The van der Waals surface area contributed by atoms with Crippen LogP contribution < -0.4 is 5.43 Å². The molecule has 0 spiro atoms. The Bertz CT molecular complexity index is 811. The number of aryl methyl sites for hydroxylation is 2. The monoisotopic (exact) mass is 292 g/mol. The summed E-state index contributed by atoms with van der Waals surface area (Å²) in [5.74, 6) is 0. The fourth-order valence-electron chi connectivity index (χ4n) is 2.55. The average molecular weight is 292 g/mol. The van der Waals surface area contributed by atoms with Gasteiger partial charge < -0.3 is 0 Å². The van der Waals surface area contributed by atoms with Crippen LogP contribution in [0.15, 0.2) is 65.5 Å². The fraction of sp³-hybridized carbons (Fsp3) is 0.105. The van der Waals surface area contributed by atoms with Crippen molar-refractivity contribution in [3.8, 4) is 20.9 Å². The molecule has 2 heteroatoms. The molecule has 0 N–H and O–H groups in total. The molecule has 2 aromatic carbocycles. The second kappa shape index (κ2) is 5.66. The summed E-state index contributed by atoms with van der Waals surface area (Å²) in [7, 11) is 0. The standard InChI is InChI=1S/C19H16OS/c1-13-7-6-8-14(2)19(13)18-12-16(20)11-17(21-18)15-9-4-3-5-10-15/h3-12H,1-2H3. The van der Waals surface area contributed by atoms with Crippen molar-refractivity contribution < 1.29 is 0 Å². The van der Waals surface area contributed by atoms with Gasteiger partial charge in [-0.05, 0) is 36.1 Å². The largest absolute Gasteiger partial charge is 0.290 e. The minimum atomic E-state index is 0.0604. The predicted octanol–water partition coefficient (Wildman–Crippen LogP) is 5.06. The molecule has 21 heavy (non-hydrogen) atoms. The minimum absolute atomic E-state index is 0.0604. The summed E-state index contributed by atoms with van der Waals surface area (Å²) < 4.78 is 0. The number of benzene rings is 2. The van der Waals surface area contributed by atoms with Crippen molar-refractivity contribution in [1.29, 1.82) is 0 Å². The third-order valence-corrected chi connectivity index (χ3v) is 4.67. The summed E-state index contributed by atoms with van der Waals surface area (Å²) in [5.41, 5.74) is 4.74. The van der Waals surface area contributed by atoms with Crippen LogP contribution in [0.5, 0.6) is 0 Å². The van der Waals surface area contributed by atoms with Gasteiger partial charge in [0.1, 0.15) is 0 Å². The smallest absolute Gasteiger partial charge is 0.181 e. The average Bonchev–Trinajstić information content (AvgIpc) is 2.47. The van der Waals surface area contributed by atoms with Crippen LogP contribution in [0.25, 0.3) is 20.9 Å². The van der Waals surface area contributed by atoms with Gasteiger partial charge >= 0.3 is 0 Å². The zero-order valence-corrected chi connectivity index (χ0v) is 12.9. The highest BCUT2D eigenvalue weighted by molar-refractivity contribution is 7.18. The molecular formula is C19H16OS. The van der Waals surface area contributed by atoms with E-state index in [2.05, 4.69) is 32.0 Å². The first-order valence-electron chi connectivity index (χ1n) is 6.92. The molecule has 0 bridgehead atoms. The molecule has 1 aromatic heterocycles. The van der Waals surface area contributed by atoms with Crippen LogP contribution in [-0.2, 0) is 0 Å². The minimum Gasteiger partial charge on any atom is -0.290 e. The van der Waals surface area contributed by atoms with E-state index in [-0.39, 0.29) is 5.43 Å². The zero-order valence-electron chi connectivity index (χ0n) is 12.1. The normalized spacial score (nSPS) is 10.6. The van der Waals surface area contributed by atoms with Gasteiger partial charge in [0, 0.05) is 21.9 Å². The van der Waals surface area contributed by atoms with E-state index in [1.807, 2.05) is 30.3 Å². The van der Waals surface area contributed by atoms with E-state index in [4.69, 9.17) is 0 Å². The Morgan fingerprint density at radius 3 is 2.05 bits per heavy atom. The lowest BCUT2D eigenvalue weighted by molar-refractivity contribution is 1.39. The second-order valence-corrected chi connectivity index (χ2v) is 6.24. The van der Waals surface area contributed by atoms with E-state index in [1.54, 1.807) is 23.5 Å². The Labute approximate surface area is 128 Å². The molecule has 0 atom stereocenters. The first kappa shape index (κ1) is 13.8. The van der Waals surface area contributed by atoms with Crippen molar-refractivity contribution in [2.75, 3.05) is 0 Å². The van der Waals surface area contributed by atoms with Crippen LogP contribution in [0.2, 0.25) is 0 Å². The highest BCUT2D eigenvalue weighted by Crippen LogP contribution is 2.34. The molecule has 0 saturated heterocycles. The maximum atomic E-state index is 12.1. The summed E-state index contributed by atoms with van der Waals surface area (Å²) in [6.07, 6.45) is 0. The Morgan fingerprint density at radius 2 is 1.38 bits per heavy atom. The third-order valence-electron chi connectivity index (χ3n) is 3.55. The Hall–Kier alpha value is -2.19. The van der Waals surface area contributed by atoms with Crippen molar-refractivity contribution in [1.82, 2.24) is 0 Å². The quantitative estimate of drug-likeness (QED) is 0.645. The molecule has 104 valence electrons. The molecule has 0 amide bonds. The van der Waals surface area contributed by atoms with E-state index in [0.717, 1.165) is 15.3 Å². The van der Waals surface area contributed by atoms with Gasteiger partial charge in [-0.15, -0.1) is 11.3 Å². The van der Waals surface area contributed by atoms with E-state index < -0.39 is 0 Å². The molecular weight excluding hydrogens is 276 g/mol. The maximum Gasteiger partial charge on any atom is 0.181 e. The number of rotatable bonds is 2. The second-order valence-electron chi connectivity index (χ2n) is 5.15. The van der Waals surface area contributed by atoms with Crippen LogP contribution >= 0.6 is 11.3 Å². The number of hydrogen-bond donors (Lipinski definition) is 0. The highest BCUT2D eigenvalue weighted by Gasteiger charge is 2.09. The molecule has 0 unspecified atom stereocenters. The topological polar surface area (TPSA) is 17.1 Å². The van der Waals surface area contributed by atoms with Crippen molar-refractivity contribution in [3.63, 3.8) is 0 Å². The summed E-state index contributed by atoms with van der Waals surface area (Å²) in [6.45, 7) is 4.18. The van der Waals surface area contributed by atoms with E-state index in [0.29, 0.717) is 0 Å².